The lowest BCUT2D eigenvalue weighted by atomic mass is 10.3. The van der Waals surface area contributed by atoms with E-state index in [1.165, 1.54) is 19.6 Å². The smallest absolute Gasteiger partial charge is 0.337 e. The highest BCUT2D eigenvalue weighted by Crippen LogP contribution is 2.35. The Bertz CT molecular complexity index is 2540. The fourth-order valence-corrected chi connectivity index (χ4v) is 7.47. The van der Waals surface area contributed by atoms with Gasteiger partial charge in [-0.05, 0) is 32.1 Å². The number of unbranched alkanes of at least 4 members (excludes halogenated alkanes) is 4. The van der Waals surface area contributed by atoms with Crippen molar-refractivity contribution < 1.29 is 67.3 Å². The van der Waals surface area contributed by atoms with E-state index >= 15 is 0 Å². The zero-order chi connectivity index (χ0) is 53.6. The van der Waals surface area contributed by atoms with E-state index in [1.807, 2.05) is 20.8 Å². The Morgan fingerprint density at radius 1 is 0.411 bits per heavy atom. The number of aromatic nitrogens is 6. The Kier molecular flexibility index (Phi) is 24.2. The number of methoxy groups -OCH3 is 1. The van der Waals surface area contributed by atoms with Gasteiger partial charge in [0.15, 0.2) is 12.3 Å². The summed E-state index contributed by atoms with van der Waals surface area (Å²) in [5.74, 6) is -3.51. The van der Waals surface area contributed by atoms with Gasteiger partial charge >= 0.3 is 64.1 Å². The van der Waals surface area contributed by atoms with Gasteiger partial charge in [0, 0.05) is 26.4 Å². The molecule has 0 spiro atoms. The summed E-state index contributed by atoms with van der Waals surface area (Å²) < 4.78 is 40.4. The molecule has 0 saturated carbocycles. The second kappa shape index (κ2) is 29.9. The summed E-state index contributed by atoms with van der Waals surface area (Å²) in [6, 6.07) is -1.01. The van der Waals surface area contributed by atoms with Crippen molar-refractivity contribution in [1.82, 2.24) is 47.0 Å². The number of esters is 3. The molecule has 0 radical (unpaired) electrons. The minimum atomic E-state index is -1.46. The summed E-state index contributed by atoms with van der Waals surface area (Å²) in [5.41, 5.74) is -7.83. The molecule has 2 aromatic rings. The highest BCUT2D eigenvalue weighted by Gasteiger charge is 2.59. The first kappa shape index (κ1) is 59.1. The van der Waals surface area contributed by atoms with E-state index in [4.69, 9.17) is 33.5 Å². The average Bonchev–Trinajstić information content (AvgIpc) is 3.79. The molecule has 0 aromatic carbocycles. The normalized spacial score (nSPS) is 15.4. The molecule has 4 heterocycles. The van der Waals surface area contributed by atoms with Gasteiger partial charge in [0.25, 0.3) is 0 Å². The number of hydrogen-bond donors (Lipinski definition) is 2. The highest BCUT2D eigenvalue weighted by molar-refractivity contribution is 5.85. The van der Waals surface area contributed by atoms with Gasteiger partial charge in [0.1, 0.15) is 53.2 Å². The van der Waals surface area contributed by atoms with Crippen LogP contribution in [0, 0.1) is 0 Å². The van der Waals surface area contributed by atoms with Crippen molar-refractivity contribution in [2.24, 2.45) is 0 Å². The number of amides is 4. The van der Waals surface area contributed by atoms with Crippen molar-refractivity contribution in [3.63, 3.8) is 0 Å². The number of carbonyl (C=O) groups is 5. The Balaban J connectivity index is 1.54. The van der Waals surface area contributed by atoms with E-state index in [1.54, 1.807) is 0 Å². The van der Waals surface area contributed by atoms with E-state index in [0.29, 0.717) is 33.5 Å². The lowest BCUT2D eigenvalue weighted by molar-refractivity contribution is -0.145. The van der Waals surface area contributed by atoms with Crippen LogP contribution in [0.2, 0.25) is 0 Å². The topological polar surface area (TPSA) is 335 Å². The number of urea groups is 2. The maximum absolute atomic E-state index is 14.1. The van der Waals surface area contributed by atoms with Crippen molar-refractivity contribution in [2.45, 2.75) is 124 Å². The molecular weight excluding hydrogens is 977 g/mol. The molecule has 410 valence electrons. The van der Waals surface area contributed by atoms with Crippen LogP contribution in [-0.2, 0) is 86.8 Å². The molecule has 30 heteroatoms. The number of fused-ring (bicyclic) bond motifs is 1. The number of carbonyl (C=O) groups excluding carboxylic acids is 5. The predicted octanol–water partition coefficient (Wildman–Crippen LogP) is -3.19. The molecule has 4 amide bonds. The van der Waals surface area contributed by atoms with Gasteiger partial charge in [-0.2, -0.15) is 0 Å². The standard InChI is InChI=1S/C43H68N10O20/c1-5-8-18-68-27-50-34-35(52(42(50)65)29-70-20-10-7-3)53(43(66)51(34)28-69-19-9-6-2)30-71-22-14-45-36(59)44(13-17-55)37(60)46(38(45)61)15-23-73-33(58)26-49-40(63)47(24-31(56)67-4)39(62)48(41(49)64)25-32(57)72-21-12-11-16-54/h34-35,54-55H,5-30H2,1-4H3. The van der Waals surface area contributed by atoms with Crippen molar-refractivity contribution in [2.75, 3.05) is 86.9 Å². The SMILES string of the molecule is CCCCOCN1C(=O)N(COCCCC)C2C1N(COCCCC)C(=O)N2COCCn1c(=O)n(CCO)c(=O)n(CCOC(=O)Cn2c(=O)n(CC(=O)OC)c(=O)n(CC(=O)OCCCCO)c2=O)c1=O. The minimum Gasteiger partial charge on any atom is -0.468 e. The Labute approximate surface area is 417 Å². The second-order valence-corrected chi connectivity index (χ2v) is 16.6. The van der Waals surface area contributed by atoms with Crippen molar-refractivity contribution in [3.05, 3.63) is 62.9 Å². The molecule has 2 aromatic heterocycles. The van der Waals surface area contributed by atoms with Crippen LogP contribution >= 0.6 is 0 Å². The van der Waals surface area contributed by atoms with Crippen molar-refractivity contribution in [1.29, 1.82) is 0 Å². The molecule has 2 aliphatic heterocycles. The number of aliphatic hydroxyl groups is 2. The predicted molar refractivity (Wildman–Crippen MR) is 250 cm³/mol. The molecule has 0 aliphatic carbocycles. The van der Waals surface area contributed by atoms with Gasteiger partial charge in [0.05, 0.1) is 46.6 Å². The van der Waals surface area contributed by atoms with E-state index in [9.17, 15) is 57.8 Å². The molecule has 2 N–H and O–H groups in total. The fraction of sp³-hybridized carbons (Fsp3) is 0.744. The first-order valence-electron chi connectivity index (χ1n) is 24.1. The minimum absolute atomic E-state index is 0.125. The number of nitrogens with zero attached hydrogens (tertiary/aromatic N) is 10. The zero-order valence-electron chi connectivity index (χ0n) is 41.8. The molecular formula is C43H68N10O20. The van der Waals surface area contributed by atoms with E-state index in [-0.39, 0.29) is 59.9 Å². The van der Waals surface area contributed by atoms with Gasteiger partial charge in [-0.25, -0.2) is 65.8 Å². The van der Waals surface area contributed by atoms with Gasteiger partial charge in [-0.3, -0.25) is 34.0 Å². The molecule has 30 nitrogen and oxygen atoms in total. The van der Waals surface area contributed by atoms with Crippen molar-refractivity contribution >= 4 is 30.0 Å². The van der Waals surface area contributed by atoms with Crippen LogP contribution in [0.4, 0.5) is 9.59 Å². The van der Waals surface area contributed by atoms with Crippen LogP contribution < -0.4 is 34.1 Å². The van der Waals surface area contributed by atoms with E-state index in [2.05, 4.69) is 4.74 Å². The van der Waals surface area contributed by atoms with E-state index in [0.717, 1.165) is 45.6 Å². The van der Waals surface area contributed by atoms with Crippen LogP contribution in [0.25, 0.3) is 0 Å². The Morgan fingerprint density at radius 2 is 0.753 bits per heavy atom. The third-order valence-electron chi connectivity index (χ3n) is 11.4. The molecule has 4 rings (SSSR count). The van der Waals surface area contributed by atoms with Gasteiger partial charge < -0.3 is 43.4 Å². The van der Waals surface area contributed by atoms with E-state index < -0.39 is 142 Å². The molecule has 2 unspecified atom stereocenters. The lowest BCUT2D eigenvalue weighted by Gasteiger charge is -2.29. The maximum Gasteiger partial charge on any atom is 0.337 e. The summed E-state index contributed by atoms with van der Waals surface area (Å²) in [6.45, 7) is -1.15. The second-order valence-electron chi connectivity index (χ2n) is 16.6. The van der Waals surface area contributed by atoms with Crippen LogP contribution in [0.15, 0.2) is 28.8 Å². The van der Waals surface area contributed by atoms with Gasteiger partial charge in [-0.1, -0.05) is 40.0 Å². The highest BCUT2D eigenvalue weighted by atomic mass is 16.5. The first-order chi connectivity index (χ1) is 35.1. The summed E-state index contributed by atoms with van der Waals surface area (Å²) >= 11 is 0. The van der Waals surface area contributed by atoms with Crippen LogP contribution in [0.5, 0.6) is 0 Å². The number of hydrogen-bond acceptors (Lipinski definition) is 20. The number of ether oxygens (including phenoxy) is 7. The number of aliphatic hydroxyl groups excluding tert-OH is 2. The van der Waals surface area contributed by atoms with Crippen LogP contribution in [0.3, 0.4) is 0 Å². The molecule has 2 atom stereocenters. The number of rotatable bonds is 35. The summed E-state index contributed by atoms with van der Waals surface area (Å²) in [4.78, 5) is 152. The van der Waals surface area contributed by atoms with Crippen LogP contribution in [0.1, 0.15) is 72.1 Å². The molecule has 73 heavy (non-hydrogen) atoms. The third-order valence-corrected chi connectivity index (χ3v) is 11.4. The van der Waals surface area contributed by atoms with Gasteiger partial charge in [-0.15, -0.1) is 0 Å². The monoisotopic (exact) mass is 1040 g/mol. The molecule has 2 fully saturated rings. The van der Waals surface area contributed by atoms with Crippen LogP contribution in [-0.4, -0.2) is 186 Å². The summed E-state index contributed by atoms with van der Waals surface area (Å²) in [6.07, 6.45) is 3.45. The lowest BCUT2D eigenvalue weighted by Crippen LogP contribution is -2.56. The fourth-order valence-electron chi connectivity index (χ4n) is 7.47. The zero-order valence-corrected chi connectivity index (χ0v) is 41.8. The molecule has 2 aliphatic rings. The first-order valence-corrected chi connectivity index (χ1v) is 24.1. The Morgan fingerprint density at radius 3 is 1.12 bits per heavy atom. The quantitative estimate of drug-likeness (QED) is 0.0390. The summed E-state index contributed by atoms with van der Waals surface area (Å²) in [7, 11) is 0.957. The molecule has 2 saturated heterocycles. The summed E-state index contributed by atoms with van der Waals surface area (Å²) in [5, 5.41) is 18.6. The van der Waals surface area contributed by atoms with Gasteiger partial charge in [0.2, 0.25) is 0 Å². The Hall–Kier alpha value is -6.47. The maximum atomic E-state index is 14.1. The average molecular weight is 1050 g/mol. The van der Waals surface area contributed by atoms with Crippen molar-refractivity contribution in [3.8, 4) is 0 Å². The largest absolute Gasteiger partial charge is 0.468 e. The molecule has 0 bridgehead atoms. The third kappa shape index (κ3) is 15.3.